The van der Waals surface area contributed by atoms with E-state index < -0.39 is 0 Å². The normalized spacial score (nSPS) is 11.2. The minimum atomic E-state index is -0.0794. The fraction of sp³-hybridized carbons (Fsp3) is 0.231. The van der Waals surface area contributed by atoms with E-state index in [4.69, 9.17) is 11.6 Å². The summed E-state index contributed by atoms with van der Waals surface area (Å²) in [6, 6.07) is 3.21. The number of fused-ring (bicyclic) bond motifs is 1. The second-order valence-corrected chi connectivity index (χ2v) is 4.75. The third-order valence-electron chi connectivity index (χ3n) is 3.14. The molecule has 0 bridgehead atoms. The van der Waals surface area contributed by atoms with Gasteiger partial charge in [-0.25, -0.2) is 9.97 Å². The molecule has 0 saturated heterocycles. The van der Waals surface area contributed by atoms with E-state index in [1.807, 2.05) is 11.5 Å². The van der Waals surface area contributed by atoms with Crippen molar-refractivity contribution in [2.45, 2.75) is 13.5 Å². The standard InChI is InChI=1S/C13H12ClN5O/c1-3-19-7-15-11-10(16-13(14)17-12(11)19)8-4-5-9(20)18(2)6-8/h4-7H,3H2,1-2H3. The number of nitrogens with zero attached hydrogens (tertiary/aromatic N) is 5. The highest BCUT2D eigenvalue weighted by molar-refractivity contribution is 6.28. The average Bonchev–Trinajstić information content (AvgIpc) is 2.83. The first-order valence-electron chi connectivity index (χ1n) is 6.15. The number of imidazole rings is 1. The van der Waals surface area contributed by atoms with Crippen molar-refractivity contribution in [3.05, 3.63) is 40.3 Å². The summed E-state index contributed by atoms with van der Waals surface area (Å²) in [4.78, 5) is 24.3. The molecule has 102 valence electrons. The summed E-state index contributed by atoms with van der Waals surface area (Å²) in [5.74, 6) is 0. The first kappa shape index (κ1) is 12.8. The van der Waals surface area contributed by atoms with Crippen molar-refractivity contribution in [3.63, 3.8) is 0 Å². The molecule has 0 aliphatic carbocycles. The van der Waals surface area contributed by atoms with E-state index in [0.29, 0.717) is 16.9 Å². The van der Waals surface area contributed by atoms with E-state index >= 15 is 0 Å². The highest BCUT2D eigenvalue weighted by Crippen LogP contribution is 2.25. The van der Waals surface area contributed by atoms with E-state index in [1.54, 1.807) is 25.6 Å². The monoisotopic (exact) mass is 289 g/mol. The van der Waals surface area contributed by atoms with Crippen LogP contribution < -0.4 is 5.56 Å². The zero-order valence-corrected chi connectivity index (χ0v) is 11.8. The zero-order chi connectivity index (χ0) is 14.3. The van der Waals surface area contributed by atoms with Crippen LogP contribution in [0.5, 0.6) is 0 Å². The molecule has 3 aromatic heterocycles. The molecule has 0 N–H and O–H groups in total. The lowest BCUT2D eigenvalue weighted by molar-refractivity contribution is 0.777. The van der Waals surface area contributed by atoms with Gasteiger partial charge in [0, 0.05) is 31.4 Å². The van der Waals surface area contributed by atoms with Crippen molar-refractivity contribution in [2.24, 2.45) is 7.05 Å². The van der Waals surface area contributed by atoms with E-state index in [9.17, 15) is 4.79 Å². The lowest BCUT2D eigenvalue weighted by Crippen LogP contribution is -2.14. The lowest BCUT2D eigenvalue weighted by atomic mass is 10.2. The maximum absolute atomic E-state index is 11.5. The first-order valence-corrected chi connectivity index (χ1v) is 6.53. The molecule has 0 aliphatic rings. The second-order valence-electron chi connectivity index (χ2n) is 4.41. The number of rotatable bonds is 2. The Kier molecular flexibility index (Phi) is 3.02. The van der Waals surface area contributed by atoms with Gasteiger partial charge in [-0.1, -0.05) is 0 Å². The van der Waals surface area contributed by atoms with Crippen LogP contribution in [0.4, 0.5) is 0 Å². The smallest absolute Gasteiger partial charge is 0.250 e. The van der Waals surface area contributed by atoms with Gasteiger partial charge >= 0.3 is 0 Å². The third-order valence-corrected chi connectivity index (χ3v) is 3.31. The van der Waals surface area contributed by atoms with Crippen LogP contribution in [-0.4, -0.2) is 24.1 Å². The van der Waals surface area contributed by atoms with Gasteiger partial charge in [-0.15, -0.1) is 0 Å². The Balaban J connectivity index is 2.32. The molecule has 0 fully saturated rings. The summed E-state index contributed by atoms with van der Waals surface area (Å²) in [6.45, 7) is 2.75. The van der Waals surface area contributed by atoms with Crippen LogP contribution >= 0.6 is 11.6 Å². The van der Waals surface area contributed by atoms with Crippen LogP contribution in [0.2, 0.25) is 5.28 Å². The van der Waals surface area contributed by atoms with Crippen molar-refractivity contribution >= 4 is 22.8 Å². The van der Waals surface area contributed by atoms with Gasteiger partial charge in [-0.2, -0.15) is 4.98 Å². The molecule has 0 atom stereocenters. The van der Waals surface area contributed by atoms with Crippen molar-refractivity contribution in [1.29, 1.82) is 0 Å². The van der Waals surface area contributed by atoms with Crippen molar-refractivity contribution in [1.82, 2.24) is 24.1 Å². The molecule has 6 nitrogen and oxygen atoms in total. The van der Waals surface area contributed by atoms with Gasteiger partial charge < -0.3 is 9.13 Å². The topological polar surface area (TPSA) is 65.6 Å². The number of hydrogen-bond donors (Lipinski definition) is 0. The minimum Gasteiger partial charge on any atom is -0.318 e. The Hall–Kier alpha value is -2.21. The molecule has 3 rings (SSSR count). The maximum Gasteiger partial charge on any atom is 0.250 e. The van der Waals surface area contributed by atoms with Gasteiger partial charge in [0.1, 0.15) is 11.2 Å². The van der Waals surface area contributed by atoms with Gasteiger partial charge in [0.25, 0.3) is 0 Å². The average molecular weight is 290 g/mol. The number of pyridine rings is 1. The number of aromatic nitrogens is 5. The number of aryl methyl sites for hydroxylation is 2. The van der Waals surface area contributed by atoms with Crippen LogP contribution in [-0.2, 0) is 13.6 Å². The van der Waals surface area contributed by atoms with Crippen molar-refractivity contribution < 1.29 is 0 Å². The molecule has 3 aromatic rings. The molecule has 20 heavy (non-hydrogen) atoms. The fourth-order valence-corrected chi connectivity index (χ4v) is 2.25. The molecule has 0 aromatic carbocycles. The molecule has 0 amide bonds. The van der Waals surface area contributed by atoms with Crippen LogP contribution in [0.1, 0.15) is 6.92 Å². The summed E-state index contributed by atoms with van der Waals surface area (Å²) in [7, 11) is 1.69. The number of halogens is 1. The maximum atomic E-state index is 11.5. The van der Waals surface area contributed by atoms with Crippen molar-refractivity contribution in [3.8, 4) is 11.3 Å². The quantitative estimate of drug-likeness (QED) is 0.676. The second kappa shape index (κ2) is 4.72. The van der Waals surface area contributed by atoms with Gasteiger partial charge in [-0.05, 0) is 24.6 Å². The van der Waals surface area contributed by atoms with Gasteiger partial charge in [-0.3, -0.25) is 4.79 Å². The minimum absolute atomic E-state index is 0.0794. The van der Waals surface area contributed by atoms with Crippen LogP contribution in [0, 0.1) is 0 Å². The highest BCUT2D eigenvalue weighted by Gasteiger charge is 2.14. The van der Waals surface area contributed by atoms with Crippen LogP contribution in [0.25, 0.3) is 22.4 Å². The first-order chi connectivity index (χ1) is 9.60. The molecular weight excluding hydrogens is 278 g/mol. The number of hydrogen-bond acceptors (Lipinski definition) is 4. The Morgan fingerprint density at radius 3 is 2.80 bits per heavy atom. The van der Waals surface area contributed by atoms with Crippen LogP contribution in [0.15, 0.2) is 29.5 Å². The highest BCUT2D eigenvalue weighted by atomic mass is 35.5. The van der Waals surface area contributed by atoms with Gasteiger partial charge in [0.2, 0.25) is 10.8 Å². The molecule has 0 saturated carbocycles. The third kappa shape index (κ3) is 1.98. The van der Waals surface area contributed by atoms with E-state index in [-0.39, 0.29) is 10.8 Å². The molecular formula is C13H12ClN5O. The largest absolute Gasteiger partial charge is 0.318 e. The Bertz CT molecular complexity index is 852. The van der Waals surface area contributed by atoms with E-state index in [2.05, 4.69) is 15.0 Å². The summed E-state index contributed by atoms with van der Waals surface area (Å²) >= 11 is 6.00. The zero-order valence-electron chi connectivity index (χ0n) is 11.0. The molecule has 0 spiro atoms. The Morgan fingerprint density at radius 1 is 1.30 bits per heavy atom. The molecule has 0 radical (unpaired) electrons. The predicted molar refractivity (Wildman–Crippen MR) is 76.7 cm³/mol. The van der Waals surface area contributed by atoms with E-state index in [1.165, 1.54) is 10.6 Å². The Morgan fingerprint density at radius 2 is 2.10 bits per heavy atom. The van der Waals surface area contributed by atoms with Gasteiger partial charge in [0.05, 0.1) is 6.33 Å². The summed E-state index contributed by atoms with van der Waals surface area (Å²) < 4.78 is 3.39. The molecule has 0 aliphatic heterocycles. The fourth-order valence-electron chi connectivity index (χ4n) is 2.08. The summed E-state index contributed by atoms with van der Waals surface area (Å²) in [5, 5.41) is 0.163. The lowest BCUT2D eigenvalue weighted by Gasteiger charge is -2.05. The van der Waals surface area contributed by atoms with E-state index in [0.717, 1.165) is 12.1 Å². The molecule has 7 heteroatoms. The summed E-state index contributed by atoms with van der Waals surface area (Å²) in [5.41, 5.74) is 2.70. The van der Waals surface area contributed by atoms with Crippen LogP contribution in [0.3, 0.4) is 0 Å². The SMILES string of the molecule is CCn1cnc2c(-c3ccc(=O)n(C)c3)nc(Cl)nc21. The molecule has 0 unspecified atom stereocenters. The Labute approximate surface area is 119 Å². The van der Waals surface area contributed by atoms with Crippen molar-refractivity contribution in [2.75, 3.05) is 0 Å². The van der Waals surface area contributed by atoms with Gasteiger partial charge in [0.15, 0.2) is 5.65 Å². The predicted octanol–water partition coefficient (Wildman–Crippen LogP) is 1.87. The molecule has 3 heterocycles. The summed E-state index contributed by atoms with van der Waals surface area (Å²) in [6.07, 6.45) is 3.42.